The third kappa shape index (κ3) is 6.14. The van der Waals surface area contributed by atoms with E-state index in [4.69, 9.17) is 4.74 Å². The van der Waals surface area contributed by atoms with Crippen molar-refractivity contribution in [2.24, 2.45) is 0 Å². The third-order valence-corrected chi connectivity index (χ3v) is 3.69. The molecule has 0 aliphatic carbocycles. The van der Waals surface area contributed by atoms with E-state index in [0.717, 1.165) is 0 Å². The van der Waals surface area contributed by atoms with Crippen LogP contribution in [0.2, 0.25) is 0 Å². The molecule has 3 aromatic rings. The van der Waals surface area contributed by atoms with Crippen LogP contribution in [0.4, 0.5) is 11.8 Å². The molecule has 7 nitrogen and oxygen atoms in total. The Bertz CT molecular complexity index is 975. The number of ether oxygens (including phenoxy) is 1. The summed E-state index contributed by atoms with van der Waals surface area (Å²) in [6, 6.07) is 17.1. The maximum atomic E-state index is 12.4. The Morgan fingerprint density at radius 2 is 1.48 bits per heavy atom. The number of hydrogen-bond donors (Lipinski definition) is 2. The zero-order valence-electron chi connectivity index (χ0n) is 16.9. The fourth-order valence-electron chi connectivity index (χ4n) is 2.40. The molecular weight excluding hydrogens is 368 g/mol. The standard InChI is InChI=1S/C20H18N4O3.C2H6/c1-13-11-17(22-19(26)15-9-6-10-16(12-15)27-2)23-20(21-13)24-18(25)14-7-4-3-5-8-14;1-2/h3-12H,1-2H3,(H2,21,22,23,24,25,26);1-2H3. The molecule has 0 atom stereocenters. The van der Waals surface area contributed by atoms with Gasteiger partial charge in [0.2, 0.25) is 5.95 Å². The highest BCUT2D eigenvalue weighted by Gasteiger charge is 2.12. The molecule has 0 radical (unpaired) electrons. The highest BCUT2D eigenvalue weighted by molar-refractivity contribution is 6.05. The second kappa shape index (κ2) is 10.6. The Hall–Kier alpha value is -3.74. The molecular formula is C22H24N4O3. The van der Waals surface area contributed by atoms with Crippen molar-refractivity contribution in [3.63, 3.8) is 0 Å². The van der Waals surface area contributed by atoms with Gasteiger partial charge in [-0.2, -0.15) is 4.98 Å². The maximum Gasteiger partial charge on any atom is 0.258 e. The molecule has 2 aromatic carbocycles. The number of aromatic nitrogens is 2. The molecule has 150 valence electrons. The zero-order valence-corrected chi connectivity index (χ0v) is 16.9. The number of aryl methyl sites for hydroxylation is 1. The number of amides is 2. The molecule has 3 rings (SSSR count). The first-order valence-corrected chi connectivity index (χ1v) is 9.22. The molecule has 0 unspecified atom stereocenters. The van der Waals surface area contributed by atoms with E-state index in [2.05, 4.69) is 20.6 Å². The third-order valence-electron chi connectivity index (χ3n) is 3.69. The first kappa shape index (κ1) is 21.6. The van der Waals surface area contributed by atoms with Crippen LogP contribution in [-0.2, 0) is 0 Å². The van der Waals surface area contributed by atoms with E-state index in [1.165, 1.54) is 7.11 Å². The van der Waals surface area contributed by atoms with Crippen molar-refractivity contribution in [2.75, 3.05) is 17.7 Å². The number of hydrogen-bond acceptors (Lipinski definition) is 5. The highest BCUT2D eigenvalue weighted by atomic mass is 16.5. The van der Waals surface area contributed by atoms with Gasteiger partial charge in [-0.05, 0) is 37.3 Å². The minimum atomic E-state index is -0.340. The van der Waals surface area contributed by atoms with Crippen LogP contribution in [-0.4, -0.2) is 28.9 Å². The summed E-state index contributed by atoms with van der Waals surface area (Å²) in [5.74, 6) is 0.319. The van der Waals surface area contributed by atoms with Gasteiger partial charge in [0.1, 0.15) is 11.6 Å². The van der Waals surface area contributed by atoms with E-state index in [-0.39, 0.29) is 17.8 Å². The predicted octanol–water partition coefficient (Wildman–Crippen LogP) is 4.32. The Kier molecular flexibility index (Phi) is 7.85. The van der Waals surface area contributed by atoms with E-state index in [0.29, 0.717) is 28.4 Å². The molecule has 0 saturated heterocycles. The summed E-state index contributed by atoms with van der Waals surface area (Å²) in [6.07, 6.45) is 0. The van der Waals surface area contributed by atoms with Gasteiger partial charge in [-0.25, -0.2) is 4.98 Å². The molecule has 0 bridgehead atoms. The monoisotopic (exact) mass is 392 g/mol. The van der Waals surface area contributed by atoms with E-state index in [1.54, 1.807) is 61.5 Å². The molecule has 1 heterocycles. The lowest BCUT2D eigenvalue weighted by atomic mass is 10.2. The SMILES string of the molecule is CC.COc1cccc(C(=O)Nc2cc(C)nc(NC(=O)c3ccccc3)n2)c1. The van der Waals surface area contributed by atoms with Crippen molar-refractivity contribution in [1.82, 2.24) is 9.97 Å². The summed E-state index contributed by atoms with van der Waals surface area (Å²) >= 11 is 0. The number of nitrogens with one attached hydrogen (secondary N) is 2. The van der Waals surface area contributed by atoms with Crippen LogP contribution in [0, 0.1) is 6.92 Å². The summed E-state index contributed by atoms with van der Waals surface area (Å²) in [5.41, 5.74) is 1.53. The van der Waals surface area contributed by atoms with Crippen molar-refractivity contribution < 1.29 is 14.3 Å². The summed E-state index contributed by atoms with van der Waals surface area (Å²) in [7, 11) is 1.53. The quantitative estimate of drug-likeness (QED) is 0.674. The van der Waals surface area contributed by atoms with Crippen LogP contribution in [0.5, 0.6) is 5.75 Å². The van der Waals surface area contributed by atoms with Gasteiger partial charge in [0.05, 0.1) is 7.11 Å². The van der Waals surface area contributed by atoms with Crippen LogP contribution >= 0.6 is 0 Å². The van der Waals surface area contributed by atoms with Crippen molar-refractivity contribution in [2.45, 2.75) is 20.8 Å². The number of methoxy groups -OCH3 is 1. The first-order chi connectivity index (χ1) is 14.0. The molecule has 0 spiro atoms. The lowest BCUT2D eigenvalue weighted by molar-refractivity contribution is 0.101. The molecule has 29 heavy (non-hydrogen) atoms. The van der Waals surface area contributed by atoms with Gasteiger partial charge < -0.3 is 10.1 Å². The normalized spacial score (nSPS) is 9.66. The predicted molar refractivity (Wildman–Crippen MR) is 113 cm³/mol. The van der Waals surface area contributed by atoms with Crippen molar-refractivity contribution in [3.05, 3.63) is 77.5 Å². The van der Waals surface area contributed by atoms with Crippen LogP contribution in [0.25, 0.3) is 0 Å². The van der Waals surface area contributed by atoms with Crippen LogP contribution in [0.3, 0.4) is 0 Å². The van der Waals surface area contributed by atoms with Gasteiger partial charge in [0, 0.05) is 22.9 Å². The minimum Gasteiger partial charge on any atom is -0.497 e. The molecule has 2 N–H and O–H groups in total. The second-order valence-electron chi connectivity index (χ2n) is 5.72. The van der Waals surface area contributed by atoms with Crippen molar-refractivity contribution in [3.8, 4) is 5.75 Å². The Morgan fingerprint density at radius 3 is 2.17 bits per heavy atom. The van der Waals surface area contributed by atoms with E-state index >= 15 is 0 Å². The molecule has 2 amide bonds. The summed E-state index contributed by atoms with van der Waals surface area (Å²) in [4.78, 5) is 33.1. The molecule has 0 aliphatic rings. The van der Waals surface area contributed by atoms with E-state index in [9.17, 15) is 9.59 Å². The number of carbonyl (C=O) groups excluding carboxylic acids is 2. The molecule has 0 aliphatic heterocycles. The van der Waals surface area contributed by atoms with Gasteiger partial charge in [0.15, 0.2) is 0 Å². The average Bonchev–Trinajstić information content (AvgIpc) is 2.75. The number of nitrogens with zero attached hydrogens (tertiary/aromatic N) is 2. The van der Waals surface area contributed by atoms with Gasteiger partial charge in [-0.15, -0.1) is 0 Å². The second-order valence-corrected chi connectivity index (χ2v) is 5.72. The van der Waals surface area contributed by atoms with Gasteiger partial charge in [-0.1, -0.05) is 38.1 Å². The smallest absolute Gasteiger partial charge is 0.258 e. The van der Waals surface area contributed by atoms with E-state index < -0.39 is 0 Å². The molecule has 0 saturated carbocycles. The fourth-order valence-corrected chi connectivity index (χ4v) is 2.40. The van der Waals surface area contributed by atoms with Crippen LogP contribution < -0.4 is 15.4 Å². The van der Waals surface area contributed by atoms with Crippen molar-refractivity contribution >= 4 is 23.6 Å². The average molecular weight is 392 g/mol. The van der Waals surface area contributed by atoms with Crippen molar-refractivity contribution in [1.29, 1.82) is 0 Å². The number of anilines is 2. The minimum absolute atomic E-state index is 0.116. The Labute approximate surface area is 170 Å². The largest absolute Gasteiger partial charge is 0.497 e. The molecule has 1 aromatic heterocycles. The van der Waals surface area contributed by atoms with Gasteiger partial charge in [0.25, 0.3) is 11.8 Å². The molecule has 7 heteroatoms. The Balaban J connectivity index is 0.00000145. The highest BCUT2D eigenvalue weighted by Crippen LogP contribution is 2.16. The topological polar surface area (TPSA) is 93.2 Å². The number of rotatable bonds is 5. The zero-order chi connectivity index (χ0) is 21.2. The lowest BCUT2D eigenvalue weighted by Crippen LogP contribution is -2.17. The maximum absolute atomic E-state index is 12.4. The lowest BCUT2D eigenvalue weighted by Gasteiger charge is -2.09. The van der Waals surface area contributed by atoms with Crippen LogP contribution in [0.1, 0.15) is 40.3 Å². The van der Waals surface area contributed by atoms with E-state index in [1.807, 2.05) is 19.9 Å². The summed E-state index contributed by atoms with van der Waals surface area (Å²) in [5, 5.41) is 5.35. The van der Waals surface area contributed by atoms with Gasteiger partial charge >= 0.3 is 0 Å². The first-order valence-electron chi connectivity index (χ1n) is 9.22. The molecule has 0 fully saturated rings. The summed E-state index contributed by atoms with van der Waals surface area (Å²) in [6.45, 7) is 5.75. The van der Waals surface area contributed by atoms with Gasteiger partial charge in [-0.3, -0.25) is 14.9 Å². The summed E-state index contributed by atoms with van der Waals surface area (Å²) < 4.78 is 5.13. The number of carbonyl (C=O) groups is 2. The van der Waals surface area contributed by atoms with Crippen LogP contribution in [0.15, 0.2) is 60.7 Å². The fraction of sp³-hybridized carbons (Fsp3) is 0.182. The Morgan fingerprint density at radius 1 is 0.828 bits per heavy atom. The number of benzene rings is 2.